The molecule has 2 unspecified atom stereocenters. The molecule has 1 rings (SSSR count). The Morgan fingerprint density at radius 3 is 2.40 bits per heavy atom. The van der Waals surface area contributed by atoms with Crippen LogP contribution in [0.3, 0.4) is 0 Å². The van der Waals surface area contributed by atoms with Crippen molar-refractivity contribution in [3.05, 3.63) is 0 Å². The van der Waals surface area contributed by atoms with Crippen LogP contribution in [0.15, 0.2) is 0 Å². The van der Waals surface area contributed by atoms with Crippen molar-refractivity contribution in [2.75, 3.05) is 7.11 Å². The lowest BCUT2D eigenvalue weighted by Gasteiger charge is -2.07. The normalized spacial score (nSPS) is 32.7. The number of hydrogen-bond acceptors (Lipinski definition) is 3. The second kappa shape index (κ2) is 3.37. The molecule has 0 saturated heterocycles. The maximum Gasteiger partial charge on any atom is 0.454 e. The van der Waals surface area contributed by atoms with Crippen LogP contribution < -0.4 is 0 Å². The average Bonchev–Trinajstić information content (AvgIpc) is 2.34. The lowest BCUT2D eigenvalue weighted by Crippen LogP contribution is -2.18. The summed E-state index contributed by atoms with van der Waals surface area (Å²) in [5.74, 6) is 0.0324. The molecule has 10 heavy (non-hydrogen) atoms. The third kappa shape index (κ3) is 1.72. The Balaban J connectivity index is 2.28. The van der Waals surface area contributed by atoms with E-state index in [0.29, 0.717) is 0 Å². The van der Waals surface area contributed by atoms with Crippen LogP contribution >= 0.6 is 0 Å². The van der Waals surface area contributed by atoms with Crippen LogP contribution in [0.4, 0.5) is 0 Å². The molecule has 0 amide bonds. The summed E-state index contributed by atoms with van der Waals surface area (Å²) in [7, 11) is 0.511. The summed E-state index contributed by atoms with van der Waals surface area (Å²) < 4.78 is 5.07. The number of methoxy groups -OCH3 is 1. The van der Waals surface area contributed by atoms with Crippen molar-refractivity contribution < 1.29 is 14.8 Å². The van der Waals surface area contributed by atoms with Gasteiger partial charge >= 0.3 is 7.12 Å². The summed E-state index contributed by atoms with van der Waals surface area (Å²) in [4.78, 5) is 0. The highest BCUT2D eigenvalue weighted by Crippen LogP contribution is 2.32. The number of hydrogen-bond donors (Lipinski definition) is 2. The van der Waals surface area contributed by atoms with Gasteiger partial charge in [-0.1, -0.05) is 0 Å². The number of ether oxygens (including phenoxy) is 1. The van der Waals surface area contributed by atoms with E-state index in [4.69, 9.17) is 14.8 Å². The molecule has 0 aromatic rings. The highest BCUT2D eigenvalue weighted by Gasteiger charge is 2.32. The largest absolute Gasteiger partial charge is 0.454 e. The molecule has 1 aliphatic rings. The van der Waals surface area contributed by atoms with Gasteiger partial charge in [-0.3, -0.25) is 0 Å². The van der Waals surface area contributed by atoms with E-state index in [1.165, 1.54) is 0 Å². The molecular formula is C6H13BO3. The first kappa shape index (κ1) is 8.05. The quantitative estimate of drug-likeness (QED) is 0.537. The van der Waals surface area contributed by atoms with Gasteiger partial charge in [0.15, 0.2) is 0 Å². The van der Waals surface area contributed by atoms with Crippen molar-refractivity contribution in [1.82, 2.24) is 0 Å². The minimum Gasteiger partial charge on any atom is -0.427 e. The van der Waals surface area contributed by atoms with Crippen molar-refractivity contribution in [3.63, 3.8) is 0 Å². The highest BCUT2D eigenvalue weighted by molar-refractivity contribution is 6.43. The Labute approximate surface area is 61.2 Å². The molecule has 3 nitrogen and oxygen atoms in total. The molecule has 0 aromatic carbocycles. The van der Waals surface area contributed by atoms with Gasteiger partial charge in [0.2, 0.25) is 0 Å². The minimum absolute atomic E-state index is 0.0324. The van der Waals surface area contributed by atoms with Crippen LogP contribution in [-0.2, 0) is 4.74 Å². The topological polar surface area (TPSA) is 49.7 Å². The molecule has 0 radical (unpaired) electrons. The molecule has 0 spiro atoms. The second-order valence-electron chi connectivity index (χ2n) is 2.84. The second-order valence-corrected chi connectivity index (χ2v) is 2.84. The summed E-state index contributed by atoms with van der Waals surface area (Å²) in [5, 5.41) is 17.5. The van der Waals surface area contributed by atoms with Crippen LogP contribution in [0, 0.1) is 0 Å². The molecule has 0 heterocycles. The Bertz CT molecular complexity index is 107. The fourth-order valence-electron chi connectivity index (χ4n) is 1.46. The first-order valence-corrected chi connectivity index (χ1v) is 3.63. The zero-order chi connectivity index (χ0) is 7.56. The molecule has 2 N–H and O–H groups in total. The molecule has 0 bridgehead atoms. The molecule has 0 aromatic heterocycles. The van der Waals surface area contributed by atoms with E-state index in [9.17, 15) is 0 Å². The fourth-order valence-corrected chi connectivity index (χ4v) is 1.46. The number of rotatable bonds is 2. The first-order valence-electron chi connectivity index (χ1n) is 3.63. The van der Waals surface area contributed by atoms with Gasteiger partial charge in [0.05, 0.1) is 6.10 Å². The molecule has 1 fully saturated rings. The molecule has 4 heteroatoms. The van der Waals surface area contributed by atoms with Crippen LogP contribution in [0.2, 0.25) is 5.82 Å². The summed E-state index contributed by atoms with van der Waals surface area (Å²) in [6.07, 6.45) is 2.86. The van der Waals surface area contributed by atoms with E-state index in [2.05, 4.69) is 0 Å². The van der Waals surface area contributed by atoms with Crippen molar-refractivity contribution in [3.8, 4) is 0 Å². The van der Waals surface area contributed by atoms with E-state index in [1.54, 1.807) is 7.11 Å². The van der Waals surface area contributed by atoms with Crippen LogP contribution in [0.1, 0.15) is 19.3 Å². The Morgan fingerprint density at radius 2 is 2.10 bits per heavy atom. The molecule has 1 saturated carbocycles. The predicted octanol–water partition coefficient (Wildman–Crippen LogP) is 0.0283. The van der Waals surface area contributed by atoms with Gasteiger partial charge < -0.3 is 14.8 Å². The van der Waals surface area contributed by atoms with Crippen molar-refractivity contribution in [2.24, 2.45) is 0 Å². The SMILES string of the molecule is COC1CCC(B(O)O)C1. The van der Waals surface area contributed by atoms with Gasteiger partial charge in [0.25, 0.3) is 0 Å². The van der Waals surface area contributed by atoms with Crippen LogP contribution in [-0.4, -0.2) is 30.4 Å². The Kier molecular flexibility index (Phi) is 2.71. The monoisotopic (exact) mass is 144 g/mol. The van der Waals surface area contributed by atoms with Crippen LogP contribution in [0.25, 0.3) is 0 Å². The van der Waals surface area contributed by atoms with Gasteiger partial charge in [-0.2, -0.15) is 0 Å². The lowest BCUT2D eigenvalue weighted by molar-refractivity contribution is 0.108. The third-order valence-corrected chi connectivity index (χ3v) is 2.18. The molecule has 58 valence electrons. The van der Waals surface area contributed by atoms with E-state index < -0.39 is 7.12 Å². The standard InChI is InChI=1S/C6H13BO3/c1-10-6-3-2-5(4-6)7(8)9/h5-6,8-9H,2-4H2,1H3. The highest BCUT2D eigenvalue weighted by atomic mass is 16.5. The zero-order valence-corrected chi connectivity index (χ0v) is 6.16. The van der Waals surface area contributed by atoms with Gasteiger partial charge in [0.1, 0.15) is 0 Å². The smallest absolute Gasteiger partial charge is 0.427 e. The van der Waals surface area contributed by atoms with Crippen molar-refractivity contribution in [2.45, 2.75) is 31.2 Å². The van der Waals surface area contributed by atoms with Gasteiger partial charge in [-0.25, -0.2) is 0 Å². The van der Waals surface area contributed by atoms with Crippen molar-refractivity contribution in [1.29, 1.82) is 0 Å². The van der Waals surface area contributed by atoms with E-state index in [0.717, 1.165) is 19.3 Å². The van der Waals surface area contributed by atoms with E-state index in [1.807, 2.05) is 0 Å². The van der Waals surface area contributed by atoms with Gasteiger partial charge in [0, 0.05) is 7.11 Å². The Hall–Kier alpha value is -0.0551. The summed E-state index contributed by atoms with van der Waals surface area (Å²) in [6, 6.07) is 0. The maximum absolute atomic E-state index is 8.77. The molecule has 2 atom stereocenters. The average molecular weight is 144 g/mol. The summed E-state index contributed by atoms with van der Waals surface area (Å²) in [5.41, 5.74) is 0. The van der Waals surface area contributed by atoms with E-state index >= 15 is 0 Å². The van der Waals surface area contributed by atoms with E-state index in [-0.39, 0.29) is 11.9 Å². The third-order valence-electron chi connectivity index (χ3n) is 2.18. The van der Waals surface area contributed by atoms with Crippen molar-refractivity contribution >= 4 is 7.12 Å². The van der Waals surface area contributed by atoms with Gasteiger partial charge in [-0.15, -0.1) is 0 Å². The summed E-state index contributed by atoms with van der Waals surface area (Å²) in [6.45, 7) is 0. The molecule has 1 aliphatic carbocycles. The Morgan fingerprint density at radius 1 is 1.40 bits per heavy atom. The minimum atomic E-state index is -1.15. The van der Waals surface area contributed by atoms with Gasteiger partial charge in [-0.05, 0) is 25.1 Å². The molecular weight excluding hydrogens is 131 g/mol. The fraction of sp³-hybridized carbons (Fsp3) is 1.00. The maximum atomic E-state index is 8.77. The first-order chi connectivity index (χ1) is 4.74. The predicted molar refractivity (Wildman–Crippen MR) is 38.6 cm³/mol. The summed E-state index contributed by atoms with van der Waals surface area (Å²) >= 11 is 0. The molecule has 0 aliphatic heterocycles. The zero-order valence-electron chi connectivity index (χ0n) is 6.16. The van der Waals surface area contributed by atoms with Crippen LogP contribution in [0.5, 0.6) is 0 Å². The lowest BCUT2D eigenvalue weighted by atomic mass is 9.72.